The van der Waals surface area contributed by atoms with Gasteiger partial charge in [-0.3, -0.25) is 9.69 Å². The van der Waals surface area contributed by atoms with E-state index in [1.54, 1.807) is 42.4 Å². The van der Waals surface area contributed by atoms with Gasteiger partial charge in [-0.1, -0.05) is 30.4 Å². The lowest BCUT2D eigenvalue weighted by molar-refractivity contribution is 0.00589. The Morgan fingerprint density at radius 2 is 1.64 bits per heavy atom. The van der Waals surface area contributed by atoms with Gasteiger partial charge in [0.25, 0.3) is 5.91 Å². The summed E-state index contributed by atoms with van der Waals surface area (Å²) >= 11 is 0. The van der Waals surface area contributed by atoms with Crippen LogP contribution in [0.2, 0.25) is 0 Å². The zero-order valence-electron chi connectivity index (χ0n) is 32.1. The van der Waals surface area contributed by atoms with Gasteiger partial charge >= 0.3 is 0 Å². The van der Waals surface area contributed by atoms with Crippen LogP contribution in [0.25, 0.3) is 27.7 Å². The lowest BCUT2D eigenvalue weighted by Crippen LogP contribution is -2.53. The minimum atomic E-state index is -4.00. The van der Waals surface area contributed by atoms with Crippen LogP contribution in [0.4, 0.5) is 5.69 Å². The summed E-state index contributed by atoms with van der Waals surface area (Å²) in [7, 11) is -4.00. The Morgan fingerprint density at radius 1 is 0.945 bits per heavy atom. The molecule has 12 heteroatoms. The van der Waals surface area contributed by atoms with E-state index in [1.807, 2.05) is 36.4 Å². The molecule has 2 N–H and O–H groups in total. The van der Waals surface area contributed by atoms with Gasteiger partial charge in [0.15, 0.2) is 5.65 Å². The molecule has 2 aromatic heterocycles. The maximum Gasteiger partial charge on any atom is 0.254 e. The number of piperazine rings is 1. The van der Waals surface area contributed by atoms with Crippen molar-refractivity contribution in [3.63, 3.8) is 0 Å². The SMILES string of the molecule is Cc1cc(C2=CC(C)(S(=O)(=O)n3cc(-c4ccc(C(=O)N5CC(O)C5)cc4)c4cccnc43)CC=C2)cc(C)c1N1CCN(C2CCN(CCO)CC2)CC1. The number of amides is 1. The Bertz CT molecular complexity index is 2220. The van der Waals surface area contributed by atoms with Crippen molar-refractivity contribution in [3.05, 3.63) is 101 Å². The minimum Gasteiger partial charge on any atom is -0.395 e. The van der Waals surface area contributed by atoms with Crippen molar-refractivity contribution in [2.45, 2.75) is 56.9 Å². The summed E-state index contributed by atoms with van der Waals surface area (Å²) in [6.45, 7) is 13.9. The average molecular weight is 765 g/mol. The molecule has 1 aliphatic carbocycles. The Balaban J connectivity index is 1.02. The van der Waals surface area contributed by atoms with Gasteiger partial charge in [0.05, 0.1) is 12.7 Å². The second-order valence-electron chi connectivity index (χ2n) is 16.0. The lowest BCUT2D eigenvalue weighted by Gasteiger charge is -2.44. The van der Waals surface area contributed by atoms with Crippen molar-refractivity contribution >= 4 is 38.2 Å². The fraction of sp³-hybridized carbons (Fsp3) is 0.442. The number of piperidine rings is 1. The molecular formula is C43H52N6O5S. The minimum absolute atomic E-state index is 0.134. The summed E-state index contributed by atoms with van der Waals surface area (Å²) in [4.78, 5) is 26.5. The fourth-order valence-electron chi connectivity index (χ4n) is 9.06. The lowest BCUT2D eigenvalue weighted by atomic mass is 9.90. The standard InChI is InChI=1S/C43H52N6O5S/c1-30-24-35(25-31(2)40(30)47-20-18-46(19-21-47)36-12-16-45(17-13-36)22-23-50)34-6-4-14-43(3,26-34)55(53,54)49-29-39(38-7-5-15-44-41(38)49)32-8-10-33(11-9-32)42(52)48-27-37(51)28-48/h4-11,15,24-26,29,36-37,50-51H,12-14,16-23,27-28H2,1-3H3. The molecular weight excluding hydrogens is 713 g/mol. The molecule has 5 heterocycles. The van der Waals surface area contributed by atoms with E-state index >= 15 is 0 Å². The topological polar surface area (TPSA) is 122 Å². The molecule has 1 atom stereocenters. The number of aryl methyl sites for hydroxylation is 2. The molecule has 0 bridgehead atoms. The van der Waals surface area contributed by atoms with E-state index in [9.17, 15) is 23.4 Å². The number of benzene rings is 2. The van der Waals surface area contributed by atoms with Gasteiger partial charge in [-0.15, -0.1) is 0 Å². The highest BCUT2D eigenvalue weighted by Gasteiger charge is 2.41. The van der Waals surface area contributed by atoms with Gasteiger partial charge in [0, 0.05) is 86.4 Å². The number of hydrogen-bond acceptors (Lipinski definition) is 9. The predicted molar refractivity (Wildman–Crippen MR) is 218 cm³/mol. The summed E-state index contributed by atoms with van der Waals surface area (Å²) in [5, 5.41) is 19.6. The zero-order valence-corrected chi connectivity index (χ0v) is 32.9. The van der Waals surface area contributed by atoms with E-state index in [0.717, 1.165) is 80.9 Å². The maximum atomic E-state index is 14.8. The smallest absolute Gasteiger partial charge is 0.254 e. The second kappa shape index (κ2) is 15.0. The molecule has 3 saturated heterocycles. The summed E-state index contributed by atoms with van der Waals surface area (Å²) in [6.07, 6.45) is 11.4. The van der Waals surface area contributed by atoms with Crippen molar-refractivity contribution < 1.29 is 23.4 Å². The Kier molecular flexibility index (Phi) is 10.2. The number of aromatic nitrogens is 2. The third kappa shape index (κ3) is 7.03. The van der Waals surface area contributed by atoms with Gasteiger partial charge < -0.3 is 24.9 Å². The first kappa shape index (κ1) is 37.6. The van der Waals surface area contributed by atoms with Crippen molar-refractivity contribution in [1.29, 1.82) is 0 Å². The van der Waals surface area contributed by atoms with Crippen LogP contribution < -0.4 is 4.90 Å². The highest BCUT2D eigenvalue weighted by Crippen LogP contribution is 2.40. The van der Waals surface area contributed by atoms with Crippen LogP contribution in [-0.2, 0) is 10.0 Å². The summed E-state index contributed by atoms with van der Waals surface area (Å²) in [6, 6.07) is 15.9. The van der Waals surface area contributed by atoms with Gasteiger partial charge in [0.2, 0.25) is 10.0 Å². The van der Waals surface area contributed by atoms with Gasteiger partial charge in [-0.05, 0) is 117 Å². The number of β-amino-alcohol motifs (C(OH)–C–C–N with tert-alkyl or cyclic N) is 2. The number of aliphatic hydroxyl groups excluding tert-OH is 2. The summed E-state index contributed by atoms with van der Waals surface area (Å²) in [5.74, 6) is -0.134. The Morgan fingerprint density at radius 3 is 2.29 bits per heavy atom. The molecule has 0 spiro atoms. The summed E-state index contributed by atoms with van der Waals surface area (Å²) in [5.41, 5.74) is 7.91. The number of fused-ring (bicyclic) bond motifs is 1. The van der Waals surface area contributed by atoms with Crippen LogP contribution in [0.1, 0.15) is 53.2 Å². The molecule has 1 amide bonds. The molecule has 3 aliphatic heterocycles. The largest absolute Gasteiger partial charge is 0.395 e. The number of allylic oxidation sites excluding steroid dienone is 3. The molecule has 0 radical (unpaired) electrons. The molecule has 0 saturated carbocycles. The number of aliphatic hydroxyl groups is 2. The van der Waals surface area contributed by atoms with Crippen LogP contribution >= 0.6 is 0 Å². The van der Waals surface area contributed by atoms with Crippen molar-refractivity contribution in [1.82, 2.24) is 23.7 Å². The molecule has 8 rings (SSSR count). The van der Waals surface area contributed by atoms with E-state index in [-0.39, 0.29) is 12.5 Å². The van der Waals surface area contributed by atoms with Crippen molar-refractivity contribution in [2.24, 2.45) is 0 Å². The second-order valence-corrected chi connectivity index (χ2v) is 18.2. The molecule has 290 valence electrons. The molecule has 11 nitrogen and oxygen atoms in total. The molecule has 3 fully saturated rings. The van der Waals surface area contributed by atoms with Gasteiger partial charge in [-0.2, -0.15) is 0 Å². The number of nitrogens with zero attached hydrogens (tertiary/aromatic N) is 6. The third-order valence-corrected chi connectivity index (χ3v) is 14.5. The Hall–Kier alpha value is -4.33. The average Bonchev–Trinajstić information content (AvgIpc) is 3.57. The molecule has 1 unspecified atom stereocenters. The van der Waals surface area contributed by atoms with E-state index < -0.39 is 20.9 Å². The van der Waals surface area contributed by atoms with E-state index in [1.165, 1.54) is 20.8 Å². The van der Waals surface area contributed by atoms with Crippen LogP contribution in [0.3, 0.4) is 0 Å². The zero-order chi connectivity index (χ0) is 38.5. The van der Waals surface area contributed by atoms with Crippen LogP contribution in [0.5, 0.6) is 0 Å². The number of anilines is 1. The maximum absolute atomic E-state index is 14.8. The molecule has 4 aliphatic rings. The number of carbonyl (C=O) groups excluding carboxylic acids is 1. The van der Waals surface area contributed by atoms with Gasteiger partial charge in [0.1, 0.15) is 4.75 Å². The van der Waals surface area contributed by atoms with E-state index in [4.69, 9.17) is 0 Å². The highest BCUT2D eigenvalue weighted by atomic mass is 32.2. The van der Waals surface area contributed by atoms with Crippen LogP contribution in [0.15, 0.2) is 79.2 Å². The monoisotopic (exact) mass is 764 g/mol. The first-order chi connectivity index (χ1) is 26.5. The van der Waals surface area contributed by atoms with E-state index in [0.29, 0.717) is 42.1 Å². The van der Waals surface area contributed by atoms with Crippen LogP contribution in [0, 0.1) is 13.8 Å². The number of hydrogen-bond donors (Lipinski definition) is 2. The number of rotatable bonds is 9. The van der Waals surface area contributed by atoms with Crippen LogP contribution in [-0.4, -0.2) is 131 Å². The van der Waals surface area contributed by atoms with Crippen molar-refractivity contribution in [2.75, 3.05) is 70.4 Å². The molecule has 2 aromatic carbocycles. The predicted octanol–water partition coefficient (Wildman–Crippen LogP) is 4.70. The first-order valence-corrected chi connectivity index (χ1v) is 21.0. The number of pyridine rings is 1. The fourth-order valence-corrected chi connectivity index (χ4v) is 10.7. The third-order valence-electron chi connectivity index (χ3n) is 12.2. The normalized spacial score (nSPS) is 21.9. The summed E-state index contributed by atoms with van der Waals surface area (Å²) < 4.78 is 29.6. The first-order valence-electron chi connectivity index (χ1n) is 19.6. The Labute approximate surface area is 324 Å². The molecule has 55 heavy (non-hydrogen) atoms. The van der Waals surface area contributed by atoms with E-state index in [2.05, 4.69) is 45.7 Å². The number of likely N-dealkylation sites (tertiary alicyclic amines) is 2. The number of carbonyl (C=O) groups is 1. The van der Waals surface area contributed by atoms with Crippen molar-refractivity contribution in [3.8, 4) is 11.1 Å². The van der Waals surface area contributed by atoms with Gasteiger partial charge in [-0.25, -0.2) is 17.4 Å². The molecule has 4 aromatic rings. The highest BCUT2D eigenvalue weighted by molar-refractivity contribution is 7.91. The quantitative estimate of drug-likeness (QED) is 0.250.